The molecule has 5 heteroatoms. The predicted molar refractivity (Wildman–Crippen MR) is 64.7 cm³/mol. The molecule has 1 rings (SSSR count). The van der Waals surface area contributed by atoms with Gasteiger partial charge in [0.1, 0.15) is 0 Å². The van der Waals surface area contributed by atoms with Crippen molar-refractivity contribution in [3.63, 3.8) is 0 Å². The molecule has 2 unspecified atom stereocenters. The zero-order valence-electron chi connectivity index (χ0n) is 10.6. The molecule has 0 bridgehead atoms. The average Bonchev–Trinajstić information content (AvgIpc) is 2.77. The minimum Gasteiger partial charge on any atom is -0.481 e. The fraction of sp³-hybridized carbons (Fsp3) is 0.833. The van der Waals surface area contributed by atoms with Crippen molar-refractivity contribution in [2.75, 3.05) is 19.6 Å². The highest BCUT2D eigenvalue weighted by atomic mass is 16.4. The molecule has 0 radical (unpaired) electrons. The summed E-state index contributed by atoms with van der Waals surface area (Å²) in [5.74, 6) is -1.49. The molecule has 1 aliphatic heterocycles. The van der Waals surface area contributed by atoms with Crippen LogP contribution in [0.15, 0.2) is 0 Å². The molecular weight excluding hydrogens is 220 g/mol. The number of amides is 1. The number of carboxylic acid groups (broad SMARTS) is 1. The molecular formula is C12H22N2O3. The van der Waals surface area contributed by atoms with Gasteiger partial charge in [-0.25, -0.2) is 0 Å². The highest BCUT2D eigenvalue weighted by molar-refractivity contribution is 5.78. The van der Waals surface area contributed by atoms with Crippen LogP contribution >= 0.6 is 0 Å². The Morgan fingerprint density at radius 1 is 1.29 bits per heavy atom. The van der Waals surface area contributed by atoms with E-state index < -0.39 is 11.9 Å². The van der Waals surface area contributed by atoms with Gasteiger partial charge in [0.15, 0.2) is 0 Å². The summed E-state index contributed by atoms with van der Waals surface area (Å²) < 4.78 is 0. The molecule has 0 spiro atoms. The Hall–Kier alpha value is -1.10. The molecule has 2 N–H and O–H groups in total. The van der Waals surface area contributed by atoms with Gasteiger partial charge in [0, 0.05) is 19.0 Å². The van der Waals surface area contributed by atoms with Crippen molar-refractivity contribution in [3.05, 3.63) is 0 Å². The van der Waals surface area contributed by atoms with Gasteiger partial charge in [-0.15, -0.1) is 0 Å². The maximum atomic E-state index is 11.6. The highest BCUT2D eigenvalue weighted by Gasteiger charge is 2.21. The summed E-state index contributed by atoms with van der Waals surface area (Å²) in [6.07, 6.45) is 2.89. The van der Waals surface area contributed by atoms with Crippen LogP contribution in [-0.2, 0) is 9.59 Å². The lowest BCUT2D eigenvalue weighted by Crippen LogP contribution is -2.41. The molecule has 2 atom stereocenters. The van der Waals surface area contributed by atoms with Gasteiger partial charge < -0.3 is 15.3 Å². The molecule has 98 valence electrons. The minimum absolute atomic E-state index is 0.0579. The van der Waals surface area contributed by atoms with E-state index in [1.54, 1.807) is 13.8 Å². The van der Waals surface area contributed by atoms with E-state index in [-0.39, 0.29) is 11.9 Å². The molecule has 17 heavy (non-hydrogen) atoms. The number of carbonyl (C=O) groups excluding carboxylic acids is 1. The second kappa shape index (κ2) is 6.59. The molecule has 1 fully saturated rings. The number of aliphatic carboxylic acids is 1. The van der Waals surface area contributed by atoms with Crippen molar-refractivity contribution in [3.8, 4) is 0 Å². The van der Waals surface area contributed by atoms with E-state index in [9.17, 15) is 9.59 Å². The van der Waals surface area contributed by atoms with Crippen molar-refractivity contribution in [1.29, 1.82) is 0 Å². The topological polar surface area (TPSA) is 69.6 Å². The summed E-state index contributed by atoms with van der Waals surface area (Å²) in [6.45, 7) is 6.27. The second-order valence-corrected chi connectivity index (χ2v) is 4.78. The van der Waals surface area contributed by atoms with E-state index in [4.69, 9.17) is 5.11 Å². The van der Waals surface area contributed by atoms with Crippen LogP contribution in [0.1, 0.15) is 33.1 Å². The molecule has 0 aliphatic carbocycles. The zero-order valence-corrected chi connectivity index (χ0v) is 10.6. The van der Waals surface area contributed by atoms with Gasteiger partial charge in [-0.1, -0.05) is 0 Å². The van der Waals surface area contributed by atoms with Gasteiger partial charge in [0.2, 0.25) is 5.91 Å². The van der Waals surface area contributed by atoms with Gasteiger partial charge in [0.05, 0.1) is 5.92 Å². The molecule has 5 nitrogen and oxygen atoms in total. The maximum absolute atomic E-state index is 11.6. The Morgan fingerprint density at radius 2 is 1.88 bits per heavy atom. The summed E-state index contributed by atoms with van der Waals surface area (Å²) in [7, 11) is 0. The molecule has 0 aromatic rings. The Bertz CT molecular complexity index is 275. The first-order valence-corrected chi connectivity index (χ1v) is 6.25. The van der Waals surface area contributed by atoms with E-state index in [1.807, 2.05) is 0 Å². The normalized spacial score (nSPS) is 19.9. The standard InChI is InChI=1S/C12H22N2O3/c1-9(12(16)17)10(2)13-11(15)5-8-14-6-3-4-7-14/h9-10H,3-8H2,1-2H3,(H,13,15)(H,16,17). The van der Waals surface area contributed by atoms with E-state index >= 15 is 0 Å². The summed E-state index contributed by atoms with van der Waals surface area (Å²) in [5.41, 5.74) is 0. The zero-order chi connectivity index (χ0) is 12.8. The van der Waals surface area contributed by atoms with Crippen LogP contribution in [-0.4, -0.2) is 47.6 Å². The fourth-order valence-corrected chi connectivity index (χ4v) is 1.93. The predicted octanol–water partition coefficient (Wildman–Crippen LogP) is 0.698. The molecule has 1 heterocycles. The lowest BCUT2D eigenvalue weighted by atomic mass is 10.0. The molecule has 1 aliphatic rings. The first-order chi connectivity index (χ1) is 8.00. The van der Waals surface area contributed by atoms with E-state index in [1.165, 1.54) is 12.8 Å². The van der Waals surface area contributed by atoms with Gasteiger partial charge in [0.25, 0.3) is 0 Å². The van der Waals surface area contributed by atoms with Crippen molar-refractivity contribution in [1.82, 2.24) is 10.2 Å². The van der Waals surface area contributed by atoms with Gasteiger partial charge >= 0.3 is 5.97 Å². The van der Waals surface area contributed by atoms with Crippen LogP contribution < -0.4 is 5.32 Å². The molecule has 0 aromatic heterocycles. The van der Waals surface area contributed by atoms with Crippen LogP contribution in [0.2, 0.25) is 0 Å². The summed E-state index contributed by atoms with van der Waals surface area (Å²) in [6, 6.07) is -0.321. The number of likely N-dealkylation sites (tertiary alicyclic amines) is 1. The summed E-state index contributed by atoms with van der Waals surface area (Å²) in [4.78, 5) is 24.6. The van der Waals surface area contributed by atoms with Crippen LogP contribution in [0.3, 0.4) is 0 Å². The fourth-order valence-electron chi connectivity index (χ4n) is 1.93. The third-order valence-electron chi connectivity index (χ3n) is 3.38. The quantitative estimate of drug-likeness (QED) is 0.719. The van der Waals surface area contributed by atoms with Crippen LogP contribution in [0.25, 0.3) is 0 Å². The first kappa shape index (κ1) is 14.0. The minimum atomic E-state index is -0.877. The van der Waals surface area contributed by atoms with Crippen LogP contribution in [0.5, 0.6) is 0 Å². The Kier molecular flexibility index (Phi) is 5.41. The summed E-state index contributed by atoms with van der Waals surface area (Å²) in [5, 5.41) is 11.5. The lowest BCUT2D eigenvalue weighted by molar-refractivity contribution is -0.142. The van der Waals surface area contributed by atoms with Crippen molar-refractivity contribution in [2.45, 2.75) is 39.2 Å². The Morgan fingerprint density at radius 3 is 2.41 bits per heavy atom. The van der Waals surface area contributed by atoms with Gasteiger partial charge in [-0.3, -0.25) is 9.59 Å². The number of hydrogen-bond acceptors (Lipinski definition) is 3. The number of nitrogens with one attached hydrogen (secondary N) is 1. The Labute approximate surface area is 102 Å². The number of rotatable bonds is 6. The summed E-state index contributed by atoms with van der Waals surface area (Å²) >= 11 is 0. The molecule has 1 amide bonds. The van der Waals surface area contributed by atoms with Crippen molar-refractivity contribution < 1.29 is 14.7 Å². The first-order valence-electron chi connectivity index (χ1n) is 6.25. The number of nitrogens with zero attached hydrogens (tertiary/aromatic N) is 1. The third kappa shape index (κ3) is 4.73. The molecule has 0 saturated carbocycles. The van der Waals surface area contributed by atoms with E-state index in [2.05, 4.69) is 10.2 Å². The smallest absolute Gasteiger partial charge is 0.308 e. The van der Waals surface area contributed by atoms with E-state index in [0.717, 1.165) is 19.6 Å². The van der Waals surface area contributed by atoms with Crippen molar-refractivity contribution in [2.24, 2.45) is 5.92 Å². The number of hydrogen-bond donors (Lipinski definition) is 2. The lowest BCUT2D eigenvalue weighted by Gasteiger charge is -2.19. The Balaban J connectivity index is 2.21. The van der Waals surface area contributed by atoms with Gasteiger partial charge in [-0.2, -0.15) is 0 Å². The maximum Gasteiger partial charge on any atom is 0.308 e. The van der Waals surface area contributed by atoms with Crippen LogP contribution in [0.4, 0.5) is 0 Å². The SMILES string of the molecule is CC(NC(=O)CCN1CCCC1)C(C)C(=O)O. The average molecular weight is 242 g/mol. The molecule has 1 saturated heterocycles. The highest BCUT2D eigenvalue weighted by Crippen LogP contribution is 2.08. The van der Waals surface area contributed by atoms with Crippen LogP contribution in [0, 0.1) is 5.92 Å². The van der Waals surface area contributed by atoms with Crippen molar-refractivity contribution >= 4 is 11.9 Å². The third-order valence-corrected chi connectivity index (χ3v) is 3.38. The largest absolute Gasteiger partial charge is 0.481 e. The monoisotopic (exact) mass is 242 g/mol. The molecule has 0 aromatic carbocycles. The number of carboxylic acids is 1. The van der Waals surface area contributed by atoms with Gasteiger partial charge in [-0.05, 0) is 39.8 Å². The van der Waals surface area contributed by atoms with E-state index in [0.29, 0.717) is 6.42 Å². The number of carbonyl (C=O) groups is 2. The second-order valence-electron chi connectivity index (χ2n) is 4.78.